The van der Waals surface area contributed by atoms with Crippen molar-refractivity contribution in [2.24, 2.45) is 5.10 Å². The van der Waals surface area contributed by atoms with Crippen LogP contribution in [0, 0.1) is 0 Å². The van der Waals surface area contributed by atoms with Crippen molar-refractivity contribution in [2.75, 3.05) is 12.4 Å². The minimum absolute atomic E-state index is 0.174. The Balaban J connectivity index is 1.42. The molecule has 2 heterocycles. The minimum Gasteiger partial charge on any atom is -0.497 e. The van der Waals surface area contributed by atoms with Crippen LogP contribution in [0.25, 0.3) is 10.9 Å². The molecule has 1 unspecified atom stereocenters. The highest BCUT2D eigenvalue weighted by atomic mass is 19.4. The van der Waals surface area contributed by atoms with E-state index in [1.165, 1.54) is 24.2 Å². The number of alkyl halides is 3. The summed E-state index contributed by atoms with van der Waals surface area (Å²) in [5.74, 6) is 0.562. The fourth-order valence-corrected chi connectivity index (χ4v) is 4.43. The van der Waals surface area contributed by atoms with E-state index in [2.05, 4.69) is 15.4 Å². The Kier molecular flexibility index (Phi) is 6.29. The third-order valence-corrected chi connectivity index (χ3v) is 6.28. The number of halogens is 3. The number of hydrogen-bond donors (Lipinski definition) is 1. The van der Waals surface area contributed by atoms with Gasteiger partial charge in [0.25, 0.3) is 0 Å². The Morgan fingerprint density at radius 2 is 1.84 bits per heavy atom. The predicted molar refractivity (Wildman–Crippen MR) is 136 cm³/mol. The summed E-state index contributed by atoms with van der Waals surface area (Å²) in [5.41, 5.74) is 3.43. The second kappa shape index (κ2) is 9.57. The fourth-order valence-electron chi connectivity index (χ4n) is 4.43. The van der Waals surface area contributed by atoms with Crippen LogP contribution < -0.4 is 10.1 Å². The summed E-state index contributed by atoms with van der Waals surface area (Å²) in [5, 5.41) is 9.94. The number of methoxy groups -OCH3 is 1. The SMILES string of the molecule is COc1ccc(C2=NN(C(C)=O)C(c3cccc(Nc4ccnc5cc(C(F)(F)F)ccc45)c3)C2)cc1. The molecular formula is C28H23F3N4O2. The molecule has 1 aromatic heterocycles. The first kappa shape index (κ1) is 24.3. The second-order valence-electron chi connectivity index (χ2n) is 8.70. The van der Waals surface area contributed by atoms with E-state index in [0.717, 1.165) is 40.4 Å². The molecule has 3 aromatic carbocycles. The largest absolute Gasteiger partial charge is 0.497 e. The van der Waals surface area contributed by atoms with Crippen LogP contribution in [0.5, 0.6) is 5.75 Å². The van der Waals surface area contributed by atoms with Crippen LogP contribution in [0.3, 0.4) is 0 Å². The van der Waals surface area contributed by atoms with Crippen LogP contribution in [0.1, 0.15) is 36.1 Å². The fraction of sp³-hybridized carbons (Fsp3) is 0.179. The number of nitrogens with one attached hydrogen (secondary N) is 1. The lowest BCUT2D eigenvalue weighted by atomic mass is 9.98. The smallest absolute Gasteiger partial charge is 0.416 e. The number of rotatable bonds is 5. The molecule has 188 valence electrons. The van der Waals surface area contributed by atoms with Gasteiger partial charge in [-0.05, 0) is 65.7 Å². The first-order valence-corrected chi connectivity index (χ1v) is 11.6. The maximum absolute atomic E-state index is 13.1. The number of nitrogens with zero attached hydrogens (tertiary/aromatic N) is 3. The van der Waals surface area contributed by atoms with Gasteiger partial charge in [-0.25, -0.2) is 5.01 Å². The highest BCUT2D eigenvalue weighted by Gasteiger charge is 2.32. The minimum atomic E-state index is -4.44. The topological polar surface area (TPSA) is 66.8 Å². The number of aromatic nitrogens is 1. The van der Waals surface area contributed by atoms with Crippen molar-refractivity contribution in [1.82, 2.24) is 9.99 Å². The molecule has 1 amide bonds. The van der Waals surface area contributed by atoms with E-state index >= 15 is 0 Å². The normalized spacial score (nSPS) is 15.5. The van der Waals surface area contributed by atoms with E-state index in [1.54, 1.807) is 13.2 Å². The number of fused-ring (bicyclic) bond motifs is 1. The number of amides is 1. The molecule has 0 aliphatic carbocycles. The van der Waals surface area contributed by atoms with Gasteiger partial charge in [-0.3, -0.25) is 9.78 Å². The number of ether oxygens (including phenoxy) is 1. The number of hydrogen-bond acceptors (Lipinski definition) is 5. The van der Waals surface area contributed by atoms with Gasteiger partial charge in [-0.2, -0.15) is 18.3 Å². The monoisotopic (exact) mass is 504 g/mol. The van der Waals surface area contributed by atoms with Gasteiger partial charge in [0.1, 0.15) is 5.75 Å². The quantitative estimate of drug-likeness (QED) is 0.328. The average Bonchev–Trinajstić information content (AvgIpc) is 3.34. The van der Waals surface area contributed by atoms with Crippen molar-refractivity contribution in [2.45, 2.75) is 25.6 Å². The van der Waals surface area contributed by atoms with Crippen LogP contribution >= 0.6 is 0 Å². The zero-order valence-corrected chi connectivity index (χ0v) is 20.1. The van der Waals surface area contributed by atoms with Gasteiger partial charge in [0.05, 0.1) is 29.9 Å². The number of anilines is 2. The van der Waals surface area contributed by atoms with E-state index < -0.39 is 11.7 Å². The van der Waals surface area contributed by atoms with Gasteiger partial charge in [-0.1, -0.05) is 18.2 Å². The number of carbonyl (C=O) groups excluding carboxylic acids is 1. The number of hydrazone groups is 1. The molecule has 4 aromatic rings. The highest BCUT2D eigenvalue weighted by molar-refractivity contribution is 6.03. The molecule has 1 atom stereocenters. The van der Waals surface area contributed by atoms with Gasteiger partial charge >= 0.3 is 6.18 Å². The van der Waals surface area contributed by atoms with Crippen molar-refractivity contribution >= 4 is 33.9 Å². The second-order valence-corrected chi connectivity index (χ2v) is 8.70. The summed E-state index contributed by atoms with van der Waals surface area (Å²) in [6.07, 6.45) is -2.43. The van der Waals surface area contributed by atoms with Crippen LogP contribution in [0.15, 0.2) is 84.1 Å². The van der Waals surface area contributed by atoms with Gasteiger partial charge in [0, 0.05) is 36.3 Å². The number of benzene rings is 3. The van der Waals surface area contributed by atoms with Crippen molar-refractivity contribution in [3.05, 3.63) is 95.7 Å². The Hall–Kier alpha value is -4.40. The Morgan fingerprint density at radius 1 is 1.05 bits per heavy atom. The first-order chi connectivity index (χ1) is 17.7. The predicted octanol–water partition coefficient (Wildman–Crippen LogP) is 6.70. The van der Waals surface area contributed by atoms with E-state index in [9.17, 15) is 18.0 Å². The summed E-state index contributed by atoms with van der Waals surface area (Å²) in [4.78, 5) is 16.5. The summed E-state index contributed by atoms with van der Waals surface area (Å²) in [6.45, 7) is 1.48. The molecule has 0 saturated heterocycles. The lowest BCUT2D eigenvalue weighted by Crippen LogP contribution is -2.24. The van der Waals surface area contributed by atoms with Crippen molar-refractivity contribution < 1.29 is 22.7 Å². The van der Waals surface area contributed by atoms with Gasteiger partial charge in [-0.15, -0.1) is 0 Å². The number of pyridine rings is 1. The van der Waals surface area contributed by atoms with Crippen molar-refractivity contribution in [3.8, 4) is 5.75 Å². The average molecular weight is 505 g/mol. The lowest BCUT2D eigenvalue weighted by molar-refractivity contribution is -0.137. The maximum atomic E-state index is 13.1. The maximum Gasteiger partial charge on any atom is 0.416 e. The number of carbonyl (C=O) groups is 1. The molecule has 1 N–H and O–H groups in total. The Labute approximate surface area is 211 Å². The third-order valence-electron chi connectivity index (χ3n) is 6.28. The molecule has 9 heteroatoms. The van der Waals surface area contributed by atoms with E-state index in [4.69, 9.17) is 4.74 Å². The molecule has 5 rings (SSSR count). The highest BCUT2D eigenvalue weighted by Crippen LogP contribution is 2.36. The van der Waals surface area contributed by atoms with Crippen LogP contribution in [-0.4, -0.2) is 28.7 Å². The molecule has 0 saturated carbocycles. The Morgan fingerprint density at radius 3 is 2.54 bits per heavy atom. The van der Waals surface area contributed by atoms with E-state index in [-0.39, 0.29) is 17.5 Å². The summed E-state index contributed by atoms with van der Waals surface area (Å²) in [6, 6.07) is 20.0. The molecule has 0 radical (unpaired) electrons. The van der Waals surface area contributed by atoms with E-state index in [1.807, 2.05) is 48.5 Å². The van der Waals surface area contributed by atoms with Gasteiger partial charge in [0.2, 0.25) is 5.91 Å². The van der Waals surface area contributed by atoms with Crippen molar-refractivity contribution in [1.29, 1.82) is 0 Å². The lowest BCUT2D eigenvalue weighted by Gasteiger charge is -2.21. The molecule has 0 bridgehead atoms. The molecule has 1 aliphatic heterocycles. The zero-order valence-electron chi connectivity index (χ0n) is 20.1. The molecule has 37 heavy (non-hydrogen) atoms. The summed E-state index contributed by atoms with van der Waals surface area (Å²) < 4.78 is 44.6. The third kappa shape index (κ3) is 4.97. The Bertz CT molecular complexity index is 1500. The molecular weight excluding hydrogens is 481 g/mol. The molecule has 6 nitrogen and oxygen atoms in total. The summed E-state index contributed by atoms with van der Waals surface area (Å²) in [7, 11) is 1.60. The van der Waals surface area contributed by atoms with Gasteiger partial charge < -0.3 is 10.1 Å². The standard InChI is InChI=1S/C28H23F3N4O2/c1-17(36)35-27(16-25(34-35)18-6-9-22(37-2)10-7-18)19-4-3-5-21(14-19)33-24-12-13-32-26-15-20(28(29,30)31)8-11-23(24)26/h3-15,27H,16H2,1-2H3,(H,32,33). The summed E-state index contributed by atoms with van der Waals surface area (Å²) >= 11 is 0. The molecule has 1 aliphatic rings. The molecule has 0 spiro atoms. The van der Waals surface area contributed by atoms with E-state index in [0.29, 0.717) is 17.5 Å². The van der Waals surface area contributed by atoms with Gasteiger partial charge in [0.15, 0.2) is 0 Å². The molecule has 0 fully saturated rings. The van der Waals surface area contributed by atoms with Crippen LogP contribution in [-0.2, 0) is 11.0 Å². The van der Waals surface area contributed by atoms with Crippen molar-refractivity contribution in [3.63, 3.8) is 0 Å². The zero-order chi connectivity index (χ0) is 26.2. The van der Waals surface area contributed by atoms with Crippen LogP contribution in [0.2, 0.25) is 0 Å². The first-order valence-electron chi connectivity index (χ1n) is 11.6. The van der Waals surface area contributed by atoms with Crippen LogP contribution in [0.4, 0.5) is 24.5 Å².